The quantitative estimate of drug-likeness (QED) is 0.325. The molecule has 0 saturated carbocycles. The van der Waals surface area contributed by atoms with E-state index in [2.05, 4.69) is 10.3 Å². The Balaban J connectivity index is 1.34. The molecule has 0 fully saturated rings. The van der Waals surface area contributed by atoms with Crippen LogP contribution in [0.2, 0.25) is 5.02 Å². The summed E-state index contributed by atoms with van der Waals surface area (Å²) < 4.78 is 12.7. The molecule has 1 aliphatic rings. The van der Waals surface area contributed by atoms with E-state index < -0.39 is 0 Å². The minimum Gasteiger partial charge on any atom is -0.454 e. The second kappa shape index (κ2) is 8.85. The number of fused-ring (bicyclic) bond motifs is 2. The van der Waals surface area contributed by atoms with Gasteiger partial charge in [0, 0.05) is 6.54 Å². The normalized spacial score (nSPS) is 12.3. The summed E-state index contributed by atoms with van der Waals surface area (Å²) in [4.78, 5) is 30.3. The van der Waals surface area contributed by atoms with Gasteiger partial charge >= 0.3 is 0 Å². The maximum absolute atomic E-state index is 13.2. The van der Waals surface area contributed by atoms with E-state index in [1.807, 2.05) is 23.6 Å². The summed E-state index contributed by atoms with van der Waals surface area (Å²) in [7, 11) is 0. The first kappa shape index (κ1) is 20.9. The molecule has 3 heterocycles. The van der Waals surface area contributed by atoms with E-state index in [-0.39, 0.29) is 24.0 Å². The largest absolute Gasteiger partial charge is 0.454 e. The lowest BCUT2D eigenvalue weighted by atomic mass is 10.2. The van der Waals surface area contributed by atoms with Crippen LogP contribution < -0.4 is 20.3 Å². The van der Waals surface area contributed by atoms with Crippen molar-refractivity contribution in [3.05, 3.63) is 74.9 Å². The van der Waals surface area contributed by atoms with Gasteiger partial charge in [-0.15, -0.1) is 11.3 Å². The Morgan fingerprint density at radius 3 is 2.91 bits per heavy atom. The zero-order valence-electron chi connectivity index (χ0n) is 16.5. The molecule has 1 amide bonds. The number of hydrogen-bond acceptors (Lipinski definition) is 7. The molecule has 5 rings (SSSR count). The number of rotatable bonds is 6. The van der Waals surface area contributed by atoms with Crippen molar-refractivity contribution in [2.75, 3.05) is 12.5 Å². The summed E-state index contributed by atoms with van der Waals surface area (Å²) in [6.45, 7) is 0.556. The molecule has 162 valence electrons. The lowest BCUT2D eigenvalue weighted by Gasteiger charge is -2.13. The number of nitrogens with zero attached hydrogens (tertiary/aromatic N) is 2. The molecule has 32 heavy (non-hydrogen) atoms. The highest BCUT2D eigenvalue weighted by Crippen LogP contribution is 2.32. The summed E-state index contributed by atoms with van der Waals surface area (Å²) in [6.07, 6.45) is 0. The standard InChI is InChI=1S/C22H16ClN3O4S2/c23-14-3-1-2-4-16(14)26-21(28)20-15(7-8-31-20)25-22(26)32-11-19(27)24-10-13-5-6-17-18(9-13)30-12-29-17/h1-9H,10-12H2,(H,24,27). The van der Waals surface area contributed by atoms with Crippen molar-refractivity contribution in [3.8, 4) is 17.2 Å². The highest BCUT2D eigenvalue weighted by atomic mass is 35.5. The molecule has 0 spiro atoms. The number of benzene rings is 2. The van der Waals surface area contributed by atoms with Crippen molar-refractivity contribution >= 4 is 50.8 Å². The number of nitrogens with one attached hydrogen (secondary N) is 1. The summed E-state index contributed by atoms with van der Waals surface area (Å²) in [6, 6.07) is 14.4. The van der Waals surface area contributed by atoms with Crippen molar-refractivity contribution < 1.29 is 14.3 Å². The van der Waals surface area contributed by atoms with Gasteiger partial charge in [0.05, 0.1) is 22.0 Å². The van der Waals surface area contributed by atoms with E-state index in [9.17, 15) is 9.59 Å². The number of aromatic nitrogens is 2. The smallest absolute Gasteiger partial charge is 0.276 e. The summed E-state index contributed by atoms with van der Waals surface area (Å²) in [5.74, 6) is 1.28. The van der Waals surface area contributed by atoms with Crippen LogP contribution in [0.3, 0.4) is 0 Å². The fraction of sp³-hybridized carbons (Fsp3) is 0.136. The van der Waals surface area contributed by atoms with Crippen LogP contribution in [0.1, 0.15) is 5.56 Å². The highest BCUT2D eigenvalue weighted by Gasteiger charge is 2.18. The molecule has 0 aliphatic carbocycles. The monoisotopic (exact) mass is 485 g/mol. The number of thiophene rings is 1. The highest BCUT2D eigenvalue weighted by molar-refractivity contribution is 7.99. The van der Waals surface area contributed by atoms with Gasteiger partial charge in [-0.25, -0.2) is 4.98 Å². The van der Waals surface area contributed by atoms with Crippen LogP contribution in [0.15, 0.2) is 63.9 Å². The SMILES string of the molecule is O=C(CSc1nc2ccsc2c(=O)n1-c1ccccc1Cl)NCc1ccc2c(c1)OCO2. The Morgan fingerprint density at radius 2 is 2.03 bits per heavy atom. The molecular weight excluding hydrogens is 470 g/mol. The lowest BCUT2D eigenvalue weighted by molar-refractivity contribution is -0.118. The topological polar surface area (TPSA) is 82.5 Å². The third-order valence-corrected chi connectivity index (χ3v) is 6.95. The number of carbonyl (C=O) groups excluding carboxylic acids is 1. The van der Waals surface area contributed by atoms with Crippen LogP contribution in [0, 0.1) is 0 Å². The zero-order chi connectivity index (χ0) is 22.1. The number of carbonyl (C=O) groups is 1. The van der Waals surface area contributed by atoms with E-state index in [4.69, 9.17) is 21.1 Å². The summed E-state index contributed by atoms with van der Waals surface area (Å²) in [5.41, 5.74) is 1.83. The Bertz CT molecular complexity index is 1390. The average molecular weight is 486 g/mol. The third-order valence-electron chi connectivity index (χ3n) is 4.80. The summed E-state index contributed by atoms with van der Waals surface area (Å²) >= 11 is 8.87. The number of halogens is 1. The first-order valence-corrected chi connectivity index (χ1v) is 11.9. The Morgan fingerprint density at radius 1 is 1.19 bits per heavy atom. The van der Waals surface area contributed by atoms with Gasteiger partial charge in [0.2, 0.25) is 12.7 Å². The van der Waals surface area contributed by atoms with Crippen LogP contribution in [-0.2, 0) is 11.3 Å². The molecule has 0 saturated heterocycles. The number of hydrogen-bond donors (Lipinski definition) is 1. The molecule has 7 nitrogen and oxygen atoms in total. The van der Waals surface area contributed by atoms with E-state index in [1.54, 1.807) is 30.3 Å². The first-order chi connectivity index (χ1) is 15.6. The first-order valence-electron chi connectivity index (χ1n) is 9.63. The lowest BCUT2D eigenvalue weighted by Crippen LogP contribution is -2.26. The van der Waals surface area contributed by atoms with Gasteiger partial charge in [-0.05, 0) is 41.3 Å². The predicted octanol–water partition coefficient (Wildman–Crippen LogP) is 4.24. The number of para-hydroxylation sites is 1. The second-order valence-corrected chi connectivity index (χ2v) is 9.14. The van der Waals surface area contributed by atoms with Gasteiger partial charge in [-0.1, -0.05) is 41.6 Å². The maximum Gasteiger partial charge on any atom is 0.276 e. The van der Waals surface area contributed by atoms with Gasteiger partial charge in [0.15, 0.2) is 16.7 Å². The third kappa shape index (κ3) is 4.06. The summed E-state index contributed by atoms with van der Waals surface area (Å²) in [5, 5.41) is 5.55. The molecule has 0 bridgehead atoms. The molecule has 0 unspecified atom stereocenters. The molecule has 1 N–H and O–H groups in total. The van der Waals surface area contributed by atoms with Gasteiger partial charge in [0.25, 0.3) is 5.56 Å². The molecule has 2 aromatic carbocycles. The number of thioether (sulfide) groups is 1. The fourth-order valence-electron chi connectivity index (χ4n) is 3.27. The van der Waals surface area contributed by atoms with Crippen molar-refractivity contribution in [3.63, 3.8) is 0 Å². The van der Waals surface area contributed by atoms with Crippen molar-refractivity contribution in [1.82, 2.24) is 14.9 Å². The zero-order valence-corrected chi connectivity index (χ0v) is 18.9. The molecule has 0 radical (unpaired) electrons. The second-order valence-electron chi connectivity index (χ2n) is 6.87. The van der Waals surface area contributed by atoms with E-state index in [1.165, 1.54) is 27.7 Å². The molecule has 4 aromatic rings. The van der Waals surface area contributed by atoms with Gasteiger partial charge in [0.1, 0.15) is 4.70 Å². The molecular formula is C22H16ClN3O4S2. The Hall–Kier alpha value is -3.01. The van der Waals surface area contributed by atoms with E-state index in [0.29, 0.717) is 44.1 Å². The fourth-order valence-corrected chi connectivity index (χ4v) is 5.08. The Kier molecular flexibility index (Phi) is 5.77. The van der Waals surface area contributed by atoms with E-state index >= 15 is 0 Å². The minimum absolute atomic E-state index is 0.0943. The number of amides is 1. The van der Waals surface area contributed by atoms with Gasteiger partial charge in [-0.2, -0.15) is 0 Å². The van der Waals surface area contributed by atoms with Crippen LogP contribution in [0.4, 0.5) is 0 Å². The van der Waals surface area contributed by atoms with Crippen LogP contribution in [0.25, 0.3) is 15.9 Å². The number of ether oxygens (including phenoxy) is 2. The average Bonchev–Trinajstić information content (AvgIpc) is 3.46. The molecule has 1 aliphatic heterocycles. The van der Waals surface area contributed by atoms with Crippen LogP contribution >= 0.6 is 34.7 Å². The van der Waals surface area contributed by atoms with E-state index in [0.717, 1.165) is 5.56 Å². The maximum atomic E-state index is 13.2. The minimum atomic E-state index is -0.207. The van der Waals surface area contributed by atoms with Gasteiger partial charge < -0.3 is 14.8 Å². The van der Waals surface area contributed by atoms with Crippen molar-refractivity contribution in [1.29, 1.82) is 0 Å². The molecule has 10 heteroatoms. The molecule has 0 atom stereocenters. The molecule has 2 aromatic heterocycles. The predicted molar refractivity (Wildman–Crippen MR) is 125 cm³/mol. The Labute approximate surface area is 195 Å². The van der Waals surface area contributed by atoms with Crippen LogP contribution in [-0.4, -0.2) is 28.0 Å². The van der Waals surface area contributed by atoms with Crippen molar-refractivity contribution in [2.24, 2.45) is 0 Å². The van der Waals surface area contributed by atoms with Crippen molar-refractivity contribution in [2.45, 2.75) is 11.7 Å². The van der Waals surface area contributed by atoms with Crippen LogP contribution in [0.5, 0.6) is 11.5 Å². The van der Waals surface area contributed by atoms with Gasteiger partial charge in [-0.3, -0.25) is 14.2 Å².